The topological polar surface area (TPSA) is 67.9 Å². The Labute approximate surface area is 160 Å². The van der Waals surface area contributed by atoms with Gasteiger partial charge in [0.1, 0.15) is 11.5 Å². The molecule has 0 saturated heterocycles. The fourth-order valence-electron chi connectivity index (χ4n) is 2.70. The number of amides is 2. The van der Waals surface area contributed by atoms with Crippen molar-refractivity contribution in [2.45, 2.75) is 27.2 Å². The summed E-state index contributed by atoms with van der Waals surface area (Å²) in [4.78, 5) is 26.1. The van der Waals surface area contributed by atoms with Crippen LogP contribution in [0.3, 0.4) is 0 Å². The van der Waals surface area contributed by atoms with E-state index in [4.69, 9.17) is 9.47 Å². The van der Waals surface area contributed by atoms with E-state index < -0.39 is 0 Å². The van der Waals surface area contributed by atoms with E-state index in [1.807, 2.05) is 32.0 Å². The average molecular weight is 370 g/mol. The Morgan fingerprint density at radius 1 is 1.00 bits per heavy atom. The van der Waals surface area contributed by atoms with Crippen LogP contribution in [0.2, 0.25) is 0 Å². The van der Waals surface area contributed by atoms with E-state index in [1.54, 1.807) is 30.2 Å². The third-order valence-electron chi connectivity index (χ3n) is 4.43. The molecule has 2 aromatic rings. The van der Waals surface area contributed by atoms with E-state index in [2.05, 4.69) is 5.32 Å². The van der Waals surface area contributed by atoms with Gasteiger partial charge in [0.2, 0.25) is 11.8 Å². The molecule has 1 N–H and O–H groups in total. The zero-order chi connectivity index (χ0) is 20.0. The van der Waals surface area contributed by atoms with Crippen LogP contribution < -0.4 is 19.7 Å². The van der Waals surface area contributed by atoms with Crippen LogP contribution in [-0.4, -0.2) is 32.6 Å². The van der Waals surface area contributed by atoms with E-state index in [0.29, 0.717) is 17.2 Å². The van der Waals surface area contributed by atoms with Crippen molar-refractivity contribution in [3.8, 4) is 11.5 Å². The molecule has 0 radical (unpaired) electrons. The van der Waals surface area contributed by atoms with Crippen molar-refractivity contribution in [1.82, 2.24) is 0 Å². The highest BCUT2D eigenvalue weighted by atomic mass is 16.5. The first-order chi connectivity index (χ1) is 12.8. The van der Waals surface area contributed by atoms with Gasteiger partial charge in [-0.2, -0.15) is 0 Å². The molecule has 2 rings (SSSR count). The summed E-state index contributed by atoms with van der Waals surface area (Å²) in [6, 6.07) is 11.0. The average Bonchev–Trinajstić information content (AvgIpc) is 2.64. The molecule has 0 bridgehead atoms. The third kappa shape index (κ3) is 5.23. The minimum Gasteiger partial charge on any atom is -0.497 e. The van der Waals surface area contributed by atoms with Crippen molar-refractivity contribution in [3.63, 3.8) is 0 Å². The molecule has 0 aliphatic heterocycles. The number of carbonyl (C=O) groups is 2. The van der Waals surface area contributed by atoms with Crippen LogP contribution in [0.25, 0.3) is 0 Å². The Hall–Kier alpha value is -3.02. The molecule has 0 saturated carbocycles. The first kappa shape index (κ1) is 20.3. The zero-order valence-electron chi connectivity index (χ0n) is 16.5. The van der Waals surface area contributed by atoms with Crippen molar-refractivity contribution >= 4 is 23.2 Å². The number of nitrogens with one attached hydrogen (secondary N) is 1. The van der Waals surface area contributed by atoms with Crippen molar-refractivity contribution in [2.75, 3.05) is 31.0 Å². The number of aryl methyl sites for hydroxylation is 2. The number of benzene rings is 2. The smallest absolute Gasteiger partial charge is 0.226 e. The van der Waals surface area contributed by atoms with Crippen molar-refractivity contribution in [2.24, 2.45) is 0 Å². The van der Waals surface area contributed by atoms with E-state index in [0.717, 1.165) is 16.8 Å². The van der Waals surface area contributed by atoms with Gasteiger partial charge in [0, 0.05) is 31.6 Å². The summed E-state index contributed by atoms with van der Waals surface area (Å²) in [5.74, 6) is 0.843. The lowest BCUT2D eigenvalue weighted by Crippen LogP contribution is -2.32. The lowest BCUT2D eigenvalue weighted by Gasteiger charge is -2.22. The monoisotopic (exact) mass is 370 g/mol. The Morgan fingerprint density at radius 3 is 2.33 bits per heavy atom. The molecule has 0 aliphatic carbocycles. The van der Waals surface area contributed by atoms with Crippen LogP contribution in [0.15, 0.2) is 36.4 Å². The number of hydrogen-bond acceptors (Lipinski definition) is 4. The maximum absolute atomic E-state index is 12.4. The molecule has 2 aromatic carbocycles. The van der Waals surface area contributed by atoms with Crippen LogP contribution in [0, 0.1) is 13.8 Å². The molecule has 0 unspecified atom stereocenters. The predicted molar refractivity (Wildman–Crippen MR) is 107 cm³/mol. The molecule has 6 heteroatoms. The van der Waals surface area contributed by atoms with Gasteiger partial charge < -0.3 is 19.7 Å². The van der Waals surface area contributed by atoms with Crippen LogP contribution in [-0.2, 0) is 9.59 Å². The Bertz CT molecular complexity index is 833. The number of methoxy groups -OCH3 is 2. The van der Waals surface area contributed by atoms with Gasteiger partial charge >= 0.3 is 0 Å². The minimum atomic E-state index is -0.211. The van der Waals surface area contributed by atoms with E-state index >= 15 is 0 Å². The molecular weight excluding hydrogens is 344 g/mol. The quantitative estimate of drug-likeness (QED) is 0.807. The van der Waals surface area contributed by atoms with Gasteiger partial charge in [-0.25, -0.2) is 0 Å². The number of rotatable bonds is 7. The lowest BCUT2D eigenvalue weighted by atomic mass is 10.1. The molecule has 0 aliphatic rings. The lowest BCUT2D eigenvalue weighted by molar-refractivity contribution is -0.117. The summed E-state index contributed by atoms with van der Waals surface area (Å²) in [6.45, 7) is 5.80. The van der Waals surface area contributed by atoms with Crippen LogP contribution in [0.1, 0.15) is 24.5 Å². The molecule has 2 amide bonds. The molecule has 0 atom stereocenters. The molecule has 0 aromatic heterocycles. The van der Waals surface area contributed by atoms with Gasteiger partial charge in [-0.15, -0.1) is 0 Å². The van der Waals surface area contributed by atoms with Crippen LogP contribution >= 0.6 is 0 Å². The standard InChI is InChI=1S/C21H26N2O4/c1-14-6-7-17(12-15(14)2)23(16(3)24)11-10-21(25)22-19-13-18(26-4)8-9-20(19)27-5/h6-9,12-13H,10-11H2,1-5H3,(H,22,25). The first-order valence-electron chi connectivity index (χ1n) is 8.73. The predicted octanol–water partition coefficient (Wildman–Crippen LogP) is 3.70. The summed E-state index contributed by atoms with van der Waals surface area (Å²) in [5.41, 5.74) is 3.58. The number of carbonyl (C=O) groups excluding carboxylic acids is 2. The maximum Gasteiger partial charge on any atom is 0.226 e. The number of ether oxygens (including phenoxy) is 2. The molecule has 0 heterocycles. The highest BCUT2D eigenvalue weighted by molar-refractivity contribution is 5.95. The van der Waals surface area contributed by atoms with Gasteiger partial charge in [0.05, 0.1) is 19.9 Å². The summed E-state index contributed by atoms with van der Waals surface area (Å²) >= 11 is 0. The zero-order valence-corrected chi connectivity index (χ0v) is 16.5. The second-order valence-corrected chi connectivity index (χ2v) is 6.30. The van der Waals surface area contributed by atoms with Gasteiger partial charge in [0.25, 0.3) is 0 Å². The van der Waals surface area contributed by atoms with Crippen LogP contribution in [0.5, 0.6) is 11.5 Å². The Balaban J connectivity index is 2.08. The number of hydrogen-bond donors (Lipinski definition) is 1. The fourth-order valence-corrected chi connectivity index (χ4v) is 2.70. The highest BCUT2D eigenvalue weighted by Crippen LogP contribution is 2.29. The van der Waals surface area contributed by atoms with Crippen molar-refractivity contribution in [1.29, 1.82) is 0 Å². The maximum atomic E-state index is 12.4. The summed E-state index contributed by atoms with van der Waals surface area (Å²) < 4.78 is 10.5. The van der Waals surface area contributed by atoms with Gasteiger partial charge in [-0.3, -0.25) is 9.59 Å². The van der Waals surface area contributed by atoms with Gasteiger partial charge in [-0.1, -0.05) is 6.07 Å². The molecular formula is C21H26N2O4. The minimum absolute atomic E-state index is 0.106. The second kappa shape index (κ2) is 9.07. The normalized spacial score (nSPS) is 10.3. The van der Waals surface area contributed by atoms with Crippen molar-refractivity contribution in [3.05, 3.63) is 47.5 Å². The fraction of sp³-hybridized carbons (Fsp3) is 0.333. The summed E-state index contributed by atoms with van der Waals surface area (Å²) in [6.07, 6.45) is 0.160. The molecule has 0 fully saturated rings. The number of nitrogens with zero attached hydrogens (tertiary/aromatic N) is 1. The Kier molecular flexibility index (Phi) is 6.82. The van der Waals surface area contributed by atoms with E-state index in [1.165, 1.54) is 14.0 Å². The summed E-state index contributed by atoms with van der Waals surface area (Å²) in [7, 11) is 3.09. The largest absolute Gasteiger partial charge is 0.497 e. The molecule has 0 spiro atoms. The van der Waals surface area contributed by atoms with Gasteiger partial charge in [-0.05, 0) is 49.2 Å². The summed E-state index contributed by atoms with van der Waals surface area (Å²) in [5, 5.41) is 2.82. The Morgan fingerprint density at radius 2 is 1.74 bits per heavy atom. The van der Waals surface area contributed by atoms with Crippen molar-refractivity contribution < 1.29 is 19.1 Å². The molecule has 6 nitrogen and oxygen atoms in total. The van der Waals surface area contributed by atoms with Gasteiger partial charge in [0.15, 0.2) is 0 Å². The number of anilines is 2. The third-order valence-corrected chi connectivity index (χ3v) is 4.43. The molecule has 144 valence electrons. The van der Waals surface area contributed by atoms with Crippen LogP contribution in [0.4, 0.5) is 11.4 Å². The molecule has 27 heavy (non-hydrogen) atoms. The SMILES string of the molecule is COc1ccc(OC)c(NC(=O)CCN(C(C)=O)c2ccc(C)c(C)c2)c1. The van der Waals surface area contributed by atoms with E-state index in [9.17, 15) is 9.59 Å². The second-order valence-electron chi connectivity index (χ2n) is 6.30. The first-order valence-corrected chi connectivity index (χ1v) is 8.73. The highest BCUT2D eigenvalue weighted by Gasteiger charge is 2.15. The van der Waals surface area contributed by atoms with E-state index in [-0.39, 0.29) is 24.8 Å².